The van der Waals surface area contributed by atoms with E-state index < -0.39 is 0 Å². The Morgan fingerprint density at radius 2 is 1.80 bits per heavy atom. The number of hydrogen-bond acceptors (Lipinski definition) is 3. The summed E-state index contributed by atoms with van der Waals surface area (Å²) in [6.45, 7) is 9.30. The molecule has 1 fully saturated rings. The molecule has 0 unspecified atom stereocenters. The van der Waals surface area contributed by atoms with Gasteiger partial charge in [-0.3, -0.25) is 9.69 Å². The fraction of sp³-hybridized carbons (Fsp3) is 0.588. The number of rotatable bonds is 4. The maximum absolute atomic E-state index is 11.6. The van der Waals surface area contributed by atoms with E-state index in [9.17, 15) is 4.79 Å². The molecule has 20 heavy (non-hydrogen) atoms. The molecule has 1 aromatic carbocycles. The van der Waals surface area contributed by atoms with E-state index in [4.69, 9.17) is 4.74 Å². The number of esters is 1. The van der Waals surface area contributed by atoms with E-state index in [2.05, 4.69) is 29.2 Å². The molecule has 112 valence electrons. The summed E-state index contributed by atoms with van der Waals surface area (Å²) in [5.41, 5.74) is 1.34. The molecule has 0 amide bonds. The SMILES string of the molecule is CC.CCOC(=O)C1CCN(Cc2ccccc2)CC1. The number of piperidine rings is 1. The molecule has 2 rings (SSSR count). The van der Waals surface area contributed by atoms with Gasteiger partial charge in [0.05, 0.1) is 12.5 Å². The van der Waals surface area contributed by atoms with Crippen molar-refractivity contribution in [2.45, 2.75) is 40.2 Å². The van der Waals surface area contributed by atoms with Crippen molar-refractivity contribution in [2.24, 2.45) is 5.92 Å². The second-order valence-corrected chi connectivity index (χ2v) is 4.79. The number of nitrogens with zero attached hydrogens (tertiary/aromatic N) is 1. The van der Waals surface area contributed by atoms with Crippen molar-refractivity contribution in [3.05, 3.63) is 35.9 Å². The van der Waals surface area contributed by atoms with Gasteiger partial charge in [-0.05, 0) is 38.4 Å². The van der Waals surface area contributed by atoms with Crippen molar-refractivity contribution in [1.29, 1.82) is 0 Å². The maximum Gasteiger partial charge on any atom is 0.309 e. The summed E-state index contributed by atoms with van der Waals surface area (Å²) in [7, 11) is 0. The monoisotopic (exact) mass is 277 g/mol. The van der Waals surface area contributed by atoms with Crippen LogP contribution in [0.15, 0.2) is 30.3 Å². The number of likely N-dealkylation sites (tertiary alicyclic amines) is 1. The lowest BCUT2D eigenvalue weighted by atomic mass is 9.96. The van der Waals surface area contributed by atoms with Gasteiger partial charge in [-0.25, -0.2) is 0 Å². The Morgan fingerprint density at radius 3 is 2.35 bits per heavy atom. The van der Waals surface area contributed by atoms with Crippen molar-refractivity contribution in [3.63, 3.8) is 0 Å². The lowest BCUT2D eigenvalue weighted by Gasteiger charge is -2.30. The molecule has 0 atom stereocenters. The summed E-state index contributed by atoms with van der Waals surface area (Å²) >= 11 is 0. The van der Waals surface area contributed by atoms with Crippen LogP contribution >= 0.6 is 0 Å². The van der Waals surface area contributed by atoms with E-state index in [0.29, 0.717) is 6.61 Å². The standard InChI is InChI=1S/C15H21NO2.C2H6/c1-2-18-15(17)14-8-10-16(11-9-14)12-13-6-4-3-5-7-13;1-2/h3-7,14H,2,8-12H2,1H3;1-2H3. The van der Waals surface area contributed by atoms with Gasteiger partial charge in [0.15, 0.2) is 0 Å². The summed E-state index contributed by atoms with van der Waals surface area (Å²) in [5.74, 6) is 0.0915. The minimum atomic E-state index is -0.0168. The minimum Gasteiger partial charge on any atom is -0.466 e. The van der Waals surface area contributed by atoms with Crippen LogP contribution in [0.4, 0.5) is 0 Å². The lowest BCUT2D eigenvalue weighted by Crippen LogP contribution is -2.36. The quantitative estimate of drug-likeness (QED) is 0.789. The van der Waals surface area contributed by atoms with Crippen molar-refractivity contribution in [3.8, 4) is 0 Å². The fourth-order valence-electron chi connectivity index (χ4n) is 2.43. The van der Waals surface area contributed by atoms with Crippen LogP contribution < -0.4 is 0 Å². The molecular formula is C17H27NO2. The molecular weight excluding hydrogens is 250 g/mol. The molecule has 0 N–H and O–H groups in total. The maximum atomic E-state index is 11.6. The van der Waals surface area contributed by atoms with Gasteiger partial charge in [-0.2, -0.15) is 0 Å². The third-order valence-corrected chi connectivity index (χ3v) is 3.46. The molecule has 3 nitrogen and oxygen atoms in total. The highest BCUT2D eigenvalue weighted by atomic mass is 16.5. The highest BCUT2D eigenvalue weighted by molar-refractivity contribution is 5.72. The van der Waals surface area contributed by atoms with E-state index >= 15 is 0 Å². The topological polar surface area (TPSA) is 29.5 Å². The average Bonchev–Trinajstić information content (AvgIpc) is 2.51. The van der Waals surface area contributed by atoms with E-state index in [1.807, 2.05) is 26.8 Å². The van der Waals surface area contributed by atoms with Gasteiger partial charge in [0.25, 0.3) is 0 Å². The summed E-state index contributed by atoms with van der Waals surface area (Å²) in [4.78, 5) is 14.0. The lowest BCUT2D eigenvalue weighted by molar-refractivity contribution is -0.149. The van der Waals surface area contributed by atoms with Crippen LogP contribution in [0.3, 0.4) is 0 Å². The first-order valence-corrected chi connectivity index (χ1v) is 7.72. The van der Waals surface area contributed by atoms with Crippen LogP contribution in [0.25, 0.3) is 0 Å². The molecule has 0 bridgehead atoms. The van der Waals surface area contributed by atoms with Crippen molar-refractivity contribution in [2.75, 3.05) is 19.7 Å². The Balaban J connectivity index is 0.000000956. The van der Waals surface area contributed by atoms with Gasteiger partial charge < -0.3 is 4.74 Å². The largest absolute Gasteiger partial charge is 0.466 e. The first kappa shape index (κ1) is 16.7. The Hall–Kier alpha value is -1.35. The Labute approximate surface area is 122 Å². The van der Waals surface area contributed by atoms with Crippen molar-refractivity contribution < 1.29 is 9.53 Å². The Kier molecular flexibility index (Phi) is 7.97. The molecule has 0 aromatic heterocycles. The van der Waals surface area contributed by atoms with Crippen molar-refractivity contribution >= 4 is 5.97 Å². The van der Waals surface area contributed by atoms with Crippen LogP contribution in [-0.4, -0.2) is 30.6 Å². The predicted octanol–water partition coefficient (Wildman–Crippen LogP) is 3.49. The van der Waals surface area contributed by atoms with Crippen LogP contribution in [0.1, 0.15) is 39.2 Å². The molecule has 0 spiro atoms. The highest BCUT2D eigenvalue weighted by Gasteiger charge is 2.25. The minimum absolute atomic E-state index is 0.0168. The van der Waals surface area contributed by atoms with Gasteiger partial charge in [0.1, 0.15) is 0 Å². The summed E-state index contributed by atoms with van der Waals surface area (Å²) < 4.78 is 5.08. The zero-order chi connectivity index (χ0) is 14.8. The second kappa shape index (κ2) is 9.54. The fourth-order valence-corrected chi connectivity index (χ4v) is 2.43. The predicted molar refractivity (Wildman–Crippen MR) is 82.4 cm³/mol. The third-order valence-electron chi connectivity index (χ3n) is 3.46. The first-order chi connectivity index (χ1) is 9.79. The van der Waals surface area contributed by atoms with Gasteiger partial charge in [0, 0.05) is 6.54 Å². The van der Waals surface area contributed by atoms with E-state index in [0.717, 1.165) is 32.5 Å². The number of carbonyl (C=O) groups excluding carboxylic acids is 1. The molecule has 3 heteroatoms. The van der Waals surface area contributed by atoms with E-state index in [-0.39, 0.29) is 11.9 Å². The van der Waals surface area contributed by atoms with Gasteiger partial charge >= 0.3 is 5.97 Å². The van der Waals surface area contributed by atoms with Gasteiger partial charge in [-0.15, -0.1) is 0 Å². The van der Waals surface area contributed by atoms with Crippen LogP contribution in [0.2, 0.25) is 0 Å². The Morgan fingerprint density at radius 1 is 1.20 bits per heavy atom. The normalized spacial score (nSPS) is 16.1. The molecule has 1 aliphatic rings. The molecule has 0 saturated carbocycles. The highest BCUT2D eigenvalue weighted by Crippen LogP contribution is 2.20. The number of hydrogen-bond donors (Lipinski definition) is 0. The number of ether oxygens (including phenoxy) is 1. The number of carbonyl (C=O) groups is 1. The second-order valence-electron chi connectivity index (χ2n) is 4.79. The van der Waals surface area contributed by atoms with Gasteiger partial charge in [-0.1, -0.05) is 44.2 Å². The van der Waals surface area contributed by atoms with Crippen molar-refractivity contribution in [1.82, 2.24) is 4.90 Å². The molecule has 1 aromatic rings. The first-order valence-electron chi connectivity index (χ1n) is 7.72. The summed E-state index contributed by atoms with van der Waals surface area (Å²) in [6.07, 6.45) is 1.84. The van der Waals surface area contributed by atoms with E-state index in [1.54, 1.807) is 0 Å². The smallest absolute Gasteiger partial charge is 0.309 e. The molecule has 1 heterocycles. The van der Waals surface area contributed by atoms with Crippen LogP contribution in [0, 0.1) is 5.92 Å². The zero-order valence-electron chi connectivity index (χ0n) is 13.0. The van der Waals surface area contributed by atoms with Crippen LogP contribution in [0.5, 0.6) is 0 Å². The molecule has 1 saturated heterocycles. The van der Waals surface area contributed by atoms with E-state index in [1.165, 1.54) is 5.56 Å². The molecule has 0 aliphatic carbocycles. The molecule has 0 radical (unpaired) electrons. The number of benzene rings is 1. The summed E-state index contributed by atoms with van der Waals surface area (Å²) in [6, 6.07) is 10.5. The molecule has 1 aliphatic heterocycles. The summed E-state index contributed by atoms with van der Waals surface area (Å²) in [5, 5.41) is 0. The zero-order valence-corrected chi connectivity index (χ0v) is 13.0. The average molecular weight is 277 g/mol. The Bertz CT molecular complexity index is 370. The van der Waals surface area contributed by atoms with Crippen LogP contribution in [-0.2, 0) is 16.1 Å². The third kappa shape index (κ3) is 5.33. The van der Waals surface area contributed by atoms with Gasteiger partial charge in [0.2, 0.25) is 0 Å².